The molecule has 3 aromatic rings. The third-order valence-corrected chi connectivity index (χ3v) is 5.54. The number of primary amides is 1. The zero-order valence-electron chi connectivity index (χ0n) is 19.8. The first-order valence-corrected chi connectivity index (χ1v) is 11.5. The van der Waals surface area contributed by atoms with E-state index in [1.54, 1.807) is 84.6 Å². The quantitative estimate of drug-likeness (QED) is 0.494. The number of ether oxygens (including phenoxy) is 2. The predicted octanol–water partition coefficient (Wildman–Crippen LogP) is 4.59. The lowest BCUT2D eigenvalue weighted by Crippen LogP contribution is -2.27. The second-order valence-electron chi connectivity index (χ2n) is 8.23. The summed E-state index contributed by atoms with van der Waals surface area (Å²) in [4.78, 5) is 30.8. The van der Waals surface area contributed by atoms with Crippen molar-refractivity contribution in [1.29, 1.82) is 0 Å². The van der Waals surface area contributed by atoms with E-state index in [9.17, 15) is 14.0 Å². The van der Waals surface area contributed by atoms with E-state index in [-0.39, 0.29) is 29.1 Å². The lowest BCUT2D eigenvalue weighted by molar-refractivity contribution is -0.125. The number of allylic oxidation sites excluding steroid dienone is 1. The van der Waals surface area contributed by atoms with Crippen LogP contribution in [0.15, 0.2) is 89.9 Å². The summed E-state index contributed by atoms with van der Waals surface area (Å²) >= 11 is 0. The fourth-order valence-electron chi connectivity index (χ4n) is 3.83. The van der Waals surface area contributed by atoms with E-state index < -0.39 is 5.91 Å². The van der Waals surface area contributed by atoms with Crippen molar-refractivity contribution < 1.29 is 23.5 Å². The highest BCUT2D eigenvalue weighted by Crippen LogP contribution is 2.28. The van der Waals surface area contributed by atoms with Crippen molar-refractivity contribution in [1.82, 2.24) is 4.90 Å². The highest BCUT2D eigenvalue weighted by Gasteiger charge is 2.24. The molecule has 0 bridgehead atoms. The first-order valence-electron chi connectivity index (χ1n) is 11.5. The number of carbonyl (C=O) groups excluding carboxylic acids is 2. The van der Waals surface area contributed by atoms with Crippen LogP contribution in [0.25, 0.3) is 0 Å². The Labute approximate surface area is 208 Å². The number of halogens is 1. The minimum atomic E-state index is -0.653. The van der Waals surface area contributed by atoms with Gasteiger partial charge in [0.15, 0.2) is 0 Å². The van der Waals surface area contributed by atoms with Gasteiger partial charge < -0.3 is 20.1 Å². The van der Waals surface area contributed by atoms with Crippen molar-refractivity contribution in [3.05, 3.63) is 102 Å². The Morgan fingerprint density at radius 1 is 1.00 bits per heavy atom. The fraction of sp³-hybridized carbons (Fsp3) is 0.179. The van der Waals surface area contributed by atoms with Gasteiger partial charge in [-0.3, -0.25) is 14.6 Å². The summed E-state index contributed by atoms with van der Waals surface area (Å²) in [5.74, 6) is 0.544. The molecular weight excluding hydrogens is 461 g/mol. The highest BCUT2D eigenvalue weighted by atomic mass is 19.1. The molecule has 0 aromatic heterocycles. The maximum Gasteiger partial charge on any atom is 0.252 e. The predicted molar refractivity (Wildman–Crippen MR) is 133 cm³/mol. The second kappa shape index (κ2) is 11.3. The lowest BCUT2D eigenvalue weighted by atomic mass is 10.2. The average molecular weight is 488 g/mol. The molecule has 2 amide bonds. The van der Waals surface area contributed by atoms with Crippen molar-refractivity contribution in [3.8, 4) is 23.0 Å². The van der Waals surface area contributed by atoms with Gasteiger partial charge in [0.25, 0.3) is 5.91 Å². The minimum Gasteiger partial charge on any atom is -0.457 e. The van der Waals surface area contributed by atoms with Crippen LogP contribution in [0, 0.1) is 5.82 Å². The van der Waals surface area contributed by atoms with Crippen LogP contribution in [0.3, 0.4) is 0 Å². The summed E-state index contributed by atoms with van der Waals surface area (Å²) < 4.78 is 24.9. The number of hydrogen-bond donors (Lipinski definition) is 1. The third-order valence-electron chi connectivity index (χ3n) is 5.54. The van der Waals surface area contributed by atoms with Gasteiger partial charge in [0.2, 0.25) is 5.91 Å². The molecule has 0 radical (unpaired) electrons. The number of nitrogens with zero attached hydrogens (tertiary/aromatic N) is 2. The largest absolute Gasteiger partial charge is 0.457 e. The number of nitrogens with two attached hydrogens (primary N) is 1. The van der Waals surface area contributed by atoms with Crippen molar-refractivity contribution in [2.75, 3.05) is 13.1 Å². The van der Waals surface area contributed by atoms with Crippen LogP contribution in [0.2, 0.25) is 0 Å². The van der Waals surface area contributed by atoms with Crippen molar-refractivity contribution in [2.45, 2.75) is 19.4 Å². The molecule has 0 spiro atoms. The fourth-order valence-corrected chi connectivity index (χ4v) is 3.83. The van der Waals surface area contributed by atoms with Gasteiger partial charge in [-0.2, -0.15) is 0 Å². The monoisotopic (exact) mass is 487 g/mol. The molecule has 1 heterocycles. The van der Waals surface area contributed by atoms with E-state index in [0.29, 0.717) is 35.7 Å². The molecule has 1 aliphatic heterocycles. The van der Waals surface area contributed by atoms with Crippen molar-refractivity contribution in [3.63, 3.8) is 0 Å². The van der Waals surface area contributed by atoms with Gasteiger partial charge in [0.1, 0.15) is 28.8 Å². The van der Waals surface area contributed by atoms with Crippen LogP contribution in [0.5, 0.6) is 23.0 Å². The van der Waals surface area contributed by atoms with Gasteiger partial charge in [-0.1, -0.05) is 18.2 Å². The Kier molecular flexibility index (Phi) is 7.75. The summed E-state index contributed by atoms with van der Waals surface area (Å²) in [7, 11) is 0. The molecule has 4 rings (SSSR count). The number of rotatable bonds is 7. The van der Waals surface area contributed by atoms with E-state index >= 15 is 0 Å². The van der Waals surface area contributed by atoms with E-state index in [0.717, 1.165) is 6.42 Å². The molecule has 184 valence electrons. The van der Waals surface area contributed by atoms with Crippen LogP contribution in [0.1, 0.15) is 23.7 Å². The SMILES string of the molecule is CC=CC(=O)N1CCC(N=c2cccc(Oc3ccc(Oc4cccc(F)c4)cc3)c(C(N)=O)c2)C1. The first kappa shape index (κ1) is 24.7. The second-order valence-corrected chi connectivity index (χ2v) is 8.23. The smallest absolute Gasteiger partial charge is 0.252 e. The number of amides is 2. The molecule has 8 heteroatoms. The van der Waals surface area contributed by atoms with E-state index in [1.165, 1.54) is 12.1 Å². The molecule has 36 heavy (non-hydrogen) atoms. The van der Waals surface area contributed by atoms with E-state index in [2.05, 4.69) is 0 Å². The van der Waals surface area contributed by atoms with Crippen LogP contribution in [-0.4, -0.2) is 35.8 Å². The Hall–Kier alpha value is -4.46. The maximum absolute atomic E-state index is 13.4. The Balaban J connectivity index is 1.52. The van der Waals surface area contributed by atoms with Crippen LogP contribution in [0.4, 0.5) is 4.39 Å². The van der Waals surface area contributed by atoms with Crippen molar-refractivity contribution >= 4 is 11.8 Å². The Bertz CT molecular complexity index is 1360. The molecule has 0 saturated carbocycles. The zero-order chi connectivity index (χ0) is 25.5. The minimum absolute atomic E-state index is 0.0327. The summed E-state index contributed by atoms with van der Waals surface area (Å²) in [5, 5.41) is 0.572. The number of carbonyl (C=O) groups is 2. The summed E-state index contributed by atoms with van der Waals surface area (Å²) in [6.45, 7) is 2.95. The molecule has 2 N–H and O–H groups in total. The first-order chi connectivity index (χ1) is 17.4. The average Bonchev–Trinajstić information content (AvgIpc) is 3.22. The molecule has 0 aliphatic carbocycles. The number of benzene rings is 2. The van der Waals surface area contributed by atoms with Gasteiger partial charge in [-0.15, -0.1) is 0 Å². The summed E-state index contributed by atoms with van der Waals surface area (Å²) in [6.07, 6.45) is 4.00. The van der Waals surface area contributed by atoms with Gasteiger partial charge in [-0.05, 0) is 74.0 Å². The van der Waals surface area contributed by atoms with Gasteiger partial charge in [0, 0.05) is 19.2 Å². The number of hydrogen-bond acceptors (Lipinski definition) is 5. The van der Waals surface area contributed by atoms with Gasteiger partial charge in [0.05, 0.1) is 17.0 Å². The molecule has 3 aromatic carbocycles. The van der Waals surface area contributed by atoms with Gasteiger partial charge in [-0.25, -0.2) is 4.39 Å². The summed E-state index contributed by atoms with van der Waals surface area (Å²) in [5.41, 5.74) is 5.83. The Morgan fingerprint density at radius 2 is 1.72 bits per heavy atom. The molecule has 1 aliphatic rings. The standard InChI is InChI=1S/C28H26FN3O4/c1-2-5-27(33)32-15-14-21(18-32)31-20-7-4-9-26(25(17-20)28(30)34)36-23-12-10-22(11-13-23)35-24-8-3-6-19(29)16-24/h2-13,16-17,21H,14-15,18H2,1H3,(H2,30,34). The van der Waals surface area contributed by atoms with Crippen LogP contribution < -0.4 is 20.6 Å². The zero-order valence-corrected chi connectivity index (χ0v) is 19.8. The molecule has 1 unspecified atom stereocenters. The molecule has 7 nitrogen and oxygen atoms in total. The van der Waals surface area contributed by atoms with E-state index in [4.69, 9.17) is 20.2 Å². The maximum atomic E-state index is 13.4. The molecular formula is C28H26FN3O4. The molecule has 1 atom stereocenters. The third kappa shape index (κ3) is 6.35. The van der Waals surface area contributed by atoms with Gasteiger partial charge >= 0.3 is 0 Å². The summed E-state index contributed by atoms with van der Waals surface area (Å²) in [6, 6.07) is 19.2. The topological polar surface area (TPSA) is 94.2 Å². The molecule has 1 fully saturated rings. The molecule has 1 saturated heterocycles. The van der Waals surface area contributed by atoms with E-state index in [1.807, 2.05) is 0 Å². The normalized spacial score (nSPS) is 15.8. The van der Waals surface area contributed by atoms with Crippen molar-refractivity contribution in [2.24, 2.45) is 10.7 Å². The van der Waals surface area contributed by atoms with Crippen LogP contribution >= 0.6 is 0 Å². The van der Waals surface area contributed by atoms with Crippen LogP contribution in [-0.2, 0) is 4.79 Å². The Morgan fingerprint density at radius 3 is 2.42 bits per heavy atom. The highest BCUT2D eigenvalue weighted by molar-refractivity contribution is 5.95. The number of likely N-dealkylation sites (tertiary alicyclic amines) is 1. The lowest BCUT2D eigenvalue weighted by Gasteiger charge is -2.12.